The second-order valence-electron chi connectivity index (χ2n) is 7.72. The Morgan fingerprint density at radius 3 is 2.77 bits per heavy atom. The van der Waals surface area contributed by atoms with E-state index in [9.17, 15) is 13.2 Å². The van der Waals surface area contributed by atoms with Gasteiger partial charge in [-0.1, -0.05) is 41.6 Å². The molecular formula is C22H28N6O4S3. The van der Waals surface area contributed by atoms with Gasteiger partial charge in [0.1, 0.15) is 5.75 Å². The Kier molecular flexibility index (Phi) is 9.57. The van der Waals surface area contributed by atoms with Gasteiger partial charge in [0, 0.05) is 29.5 Å². The molecule has 2 amide bonds. The van der Waals surface area contributed by atoms with Crippen molar-refractivity contribution in [2.24, 2.45) is 0 Å². The van der Waals surface area contributed by atoms with Crippen LogP contribution in [-0.4, -0.2) is 43.2 Å². The molecule has 4 N–H and O–H groups in total. The van der Waals surface area contributed by atoms with Gasteiger partial charge in [-0.25, -0.2) is 18.6 Å². The lowest BCUT2D eigenvalue weighted by molar-refractivity contribution is 0.241. The number of nitrogens with one attached hydrogen (secondary N) is 4. The van der Waals surface area contributed by atoms with E-state index in [0.717, 1.165) is 34.7 Å². The number of urea groups is 1. The van der Waals surface area contributed by atoms with Gasteiger partial charge >= 0.3 is 6.03 Å². The zero-order chi connectivity index (χ0) is 25.3. The Morgan fingerprint density at radius 2 is 2.00 bits per heavy atom. The lowest BCUT2D eigenvalue weighted by atomic mass is 10.1. The SMILES string of the molecule is Cc1ccc(OCCCNC(=O)NNc2nc(SCc3cccc(NS(C)(=O)=O)c3)ns2)c(C)c1. The quantitative estimate of drug-likeness (QED) is 0.155. The van der Waals surface area contributed by atoms with Crippen LogP contribution >= 0.6 is 23.3 Å². The average molecular weight is 537 g/mol. The van der Waals surface area contributed by atoms with Crippen molar-refractivity contribution in [3.63, 3.8) is 0 Å². The molecule has 2 aromatic carbocycles. The number of aryl methyl sites for hydroxylation is 2. The van der Waals surface area contributed by atoms with E-state index in [1.54, 1.807) is 18.2 Å². The first-order chi connectivity index (χ1) is 16.7. The number of amides is 2. The lowest BCUT2D eigenvalue weighted by Crippen LogP contribution is -2.39. The van der Waals surface area contributed by atoms with Gasteiger partial charge < -0.3 is 10.1 Å². The molecule has 0 saturated carbocycles. The molecule has 0 spiro atoms. The van der Waals surface area contributed by atoms with E-state index in [1.165, 1.54) is 17.3 Å². The van der Waals surface area contributed by atoms with Gasteiger partial charge in [-0.05, 0) is 49.6 Å². The molecule has 0 radical (unpaired) electrons. The topological polar surface area (TPSA) is 134 Å². The first-order valence-electron chi connectivity index (χ1n) is 10.7. The van der Waals surface area contributed by atoms with Gasteiger partial charge in [-0.15, -0.1) is 0 Å². The summed E-state index contributed by atoms with van der Waals surface area (Å²) < 4.78 is 35.2. The number of carbonyl (C=O) groups is 1. The first kappa shape index (κ1) is 26.6. The van der Waals surface area contributed by atoms with Gasteiger partial charge in [-0.2, -0.15) is 9.36 Å². The third-order valence-electron chi connectivity index (χ3n) is 4.48. The van der Waals surface area contributed by atoms with Crippen molar-refractivity contribution in [1.29, 1.82) is 0 Å². The van der Waals surface area contributed by atoms with Crippen LogP contribution in [0.25, 0.3) is 0 Å². The maximum atomic E-state index is 12.0. The van der Waals surface area contributed by atoms with Crippen molar-refractivity contribution in [2.75, 3.05) is 29.6 Å². The number of nitrogens with zero attached hydrogens (tertiary/aromatic N) is 2. The summed E-state index contributed by atoms with van der Waals surface area (Å²) in [6.07, 6.45) is 1.78. The molecule has 1 aromatic heterocycles. The highest BCUT2D eigenvalue weighted by atomic mass is 32.2. The summed E-state index contributed by atoms with van der Waals surface area (Å²) >= 11 is 2.53. The largest absolute Gasteiger partial charge is 0.493 e. The summed E-state index contributed by atoms with van der Waals surface area (Å²) in [5.41, 5.74) is 8.98. The number of benzene rings is 2. The zero-order valence-electron chi connectivity index (χ0n) is 19.6. The van der Waals surface area contributed by atoms with Crippen LogP contribution in [0.5, 0.6) is 5.75 Å². The summed E-state index contributed by atoms with van der Waals surface area (Å²) in [6.45, 7) is 5.01. The van der Waals surface area contributed by atoms with Crippen LogP contribution in [0.15, 0.2) is 47.6 Å². The van der Waals surface area contributed by atoms with Gasteiger partial charge in [0.15, 0.2) is 0 Å². The number of thioether (sulfide) groups is 1. The molecule has 188 valence electrons. The number of hydrazine groups is 1. The van der Waals surface area contributed by atoms with E-state index >= 15 is 0 Å². The molecule has 10 nitrogen and oxygen atoms in total. The second-order valence-corrected chi connectivity index (χ2v) is 11.2. The number of rotatable bonds is 12. The van der Waals surface area contributed by atoms with Crippen LogP contribution < -0.4 is 25.6 Å². The first-order valence-corrected chi connectivity index (χ1v) is 14.4. The Bertz CT molecular complexity index is 1250. The maximum absolute atomic E-state index is 12.0. The summed E-state index contributed by atoms with van der Waals surface area (Å²) in [7, 11) is -3.33. The molecule has 0 unspecified atom stereocenters. The Hall–Kier alpha value is -3.03. The van der Waals surface area contributed by atoms with Crippen molar-refractivity contribution < 1.29 is 17.9 Å². The fourth-order valence-corrected chi connectivity index (χ4v) is 4.97. The Balaban J connectivity index is 1.33. The minimum Gasteiger partial charge on any atom is -0.493 e. The number of aromatic nitrogens is 2. The molecule has 0 aliphatic carbocycles. The molecule has 0 fully saturated rings. The van der Waals surface area contributed by atoms with Crippen LogP contribution in [0, 0.1) is 13.8 Å². The molecule has 1 heterocycles. The van der Waals surface area contributed by atoms with Crippen LogP contribution in [0.1, 0.15) is 23.1 Å². The highest BCUT2D eigenvalue weighted by molar-refractivity contribution is 7.98. The number of sulfonamides is 1. The van der Waals surface area contributed by atoms with Crippen molar-refractivity contribution in [1.82, 2.24) is 20.1 Å². The fourth-order valence-electron chi connectivity index (χ4n) is 2.98. The Labute approximate surface area is 213 Å². The third kappa shape index (κ3) is 9.62. The van der Waals surface area contributed by atoms with Gasteiger partial charge in [0.25, 0.3) is 0 Å². The van der Waals surface area contributed by atoms with Crippen LogP contribution in [-0.2, 0) is 15.8 Å². The van der Waals surface area contributed by atoms with E-state index in [1.807, 2.05) is 32.0 Å². The predicted molar refractivity (Wildman–Crippen MR) is 141 cm³/mol. The van der Waals surface area contributed by atoms with Crippen LogP contribution in [0.4, 0.5) is 15.6 Å². The molecule has 3 aromatic rings. The van der Waals surface area contributed by atoms with Crippen molar-refractivity contribution in [2.45, 2.75) is 31.2 Å². The summed E-state index contributed by atoms with van der Waals surface area (Å²) in [5, 5.41) is 3.75. The molecule has 0 atom stereocenters. The highest BCUT2D eigenvalue weighted by Gasteiger charge is 2.08. The average Bonchev–Trinajstić information content (AvgIpc) is 3.24. The van der Waals surface area contributed by atoms with E-state index in [4.69, 9.17) is 4.74 Å². The van der Waals surface area contributed by atoms with Gasteiger partial charge in [0.05, 0.1) is 12.9 Å². The molecular weight excluding hydrogens is 508 g/mol. The number of carbonyl (C=O) groups excluding carboxylic acids is 1. The molecule has 0 aliphatic rings. The second kappa shape index (κ2) is 12.6. The van der Waals surface area contributed by atoms with Gasteiger partial charge in [0.2, 0.25) is 20.3 Å². The number of ether oxygens (including phenoxy) is 1. The summed E-state index contributed by atoms with van der Waals surface area (Å²) in [6, 6.07) is 12.8. The minimum absolute atomic E-state index is 0.379. The standard InChI is InChI=1S/C22H28N6O4S3/c1-15-8-9-19(16(2)12-15)32-11-5-10-23-20(29)25-26-21-24-22(27-34-21)33-14-17-6-4-7-18(13-17)28-35(3,30)31/h4,6-9,12-13,28H,5,10-11,14H2,1-3H3,(H2,23,25,29)(H,24,26,27). The smallest absolute Gasteiger partial charge is 0.333 e. The molecule has 3 rings (SSSR count). The molecule has 0 bridgehead atoms. The summed E-state index contributed by atoms with van der Waals surface area (Å²) in [4.78, 5) is 16.3. The highest BCUT2D eigenvalue weighted by Crippen LogP contribution is 2.24. The van der Waals surface area contributed by atoms with E-state index in [2.05, 4.69) is 36.3 Å². The number of hydrogen-bond acceptors (Lipinski definition) is 9. The monoisotopic (exact) mass is 536 g/mol. The van der Waals surface area contributed by atoms with Crippen molar-refractivity contribution in [3.05, 3.63) is 59.2 Å². The van der Waals surface area contributed by atoms with Crippen molar-refractivity contribution >= 4 is 50.2 Å². The van der Waals surface area contributed by atoms with E-state index in [0.29, 0.717) is 41.3 Å². The lowest BCUT2D eigenvalue weighted by Gasteiger charge is -2.10. The Morgan fingerprint density at radius 1 is 1.17 bits per heavy atom. The predicted octanol–water partition coefficient (Wildman–Crippen LogP) is 3.91. The molecule has 0 saturated heterocycles. The number of anilines is 2. The molecule has 0 aliphatic heterocycles. The third-order valence-corrected chi connectivity index (χ3v) is 6.75. The minimum atomic E-state index is -3.33. The fraction of sp³-hybridized carbons (Fsp3) is 0.318. The number of hydrogen-bond donors (Lipinski definition) is 4. The molecule has 35 heavy (non-hydrogen) atoms. The van der Waals surface area contributed by atoms with Crippen molar-refractivity contribution in [3.8, 4) is 5.75 Å². The normalized spacial score (nSPS) is 11.1. The zero-order valence-corrected chi connectivity index (χ0v) is 22.1. The van der Waals surface area contributed by atoms with E-state index < -0.39 is 10.0 Å². The van der Waals surface area contributed by atoms with Crippen LogP contribution in [0.2, 0.25) is 0 Å². The molecule has 13 heteroatoms. The summed E-state index contributed by atoms with van der Waals surface area (Å²) in [5.74, 6) is 1.41. The van der Waals surface area contributed by atoms with Gasteiger partial charge in [-0.3, -0.25) is 10.1 Å². The van der Waals surface area contributed by atoms with Crippen LogP contribution in [0.3, 0.4) is 0 Å². The maximum Gasteiger partial charge on any atom is 0.333 e. The van der Waals surface area contributed by atoms with E-state index in [-0.39, 0.29) is 6.03 Å².